The van der Waals surface area contributed by atoms with Gasteiger partial charge in [-0.3, -0.25) is 4.79 Å². The fraction of sp³-hybridized carbons (Fsp3) is 0.158. The summed E-state index contributed by atoms with van der Waals surface area (Å²) >= 11 is 1.51. The van der Waals surface area contributed by atoms with Crippen LogP contribution in [0.5, 0.6) is 5.75 Å². The number of thiazole rings is 1. The molecule has 24 heavy (non-hydrogen) atoms. The SMILES string of the molecule is Cc1ccc(CC(=O)N[C@@H](c2ccccc2)c2nccs2)cc1O. The normalized spacial score (nSPS) is 11.9. The maximum atomic E-state index is 12.5. The van der Waals surface area contributed by atoms with Crippen LogP contribution >= 0.6 is 11.3 Å². The number of phenols is 1. The van der Waals surface area contributed by atoms with Crippen molar-refractivity contribution in [2.24, 2.45) is 0 Å². The number of nitrogens with zero attached hydrogens (tertiary/aromatic N) is 1. The summed E-state index contributed by atoms with van der Waals surface area (Å²) in [4.78, 5) is 16.8. The van der Waals surface area contributed by atoms with E-state index in [4.69, 9.17) is 0 Å². The molecule has 5 heteroatoms. The van der Waals surface area contributed by atoms with Gasteiger partial charge in [0.05, 0.1) is 6.42 Å². The van der Waals surface area contributed by atoms with Gasteiger partial charge in [-0.15, -0.1) is 11.3 Å². The maximum Gasteiger partial charge on any atom is 0.225 e. The van der Waals surface area contributed by atoms with Crippen LogP contribution in [-0.2, 0) is 11.2 Å². The van der Waals surface area contributed by atoms with E-state index in [0.717, 1.165) is 21.7 Å². The minimum atomic E-state index is -0.266. The molecule has 1 aromatic heterocycles. The molecule has 2 N–H and O–H groups in total. The van der Waals surface area contributed by atoms with Crippen molar-refractivity contribution in [2.45, 2.75) is 19.4 Å². The number of rotatable bonds is 5. The minimum absolute atomic E-state index is 0.109. The molecule has 0 bridgehead atoms. The zero-order chi connectivity index (χ0) is 16.9. The van der Waals surface area contributed by atoms with Crippen molar-refractivity contribution in [2.75, 3.05) is 0 Å². The van der Waals surface area contributed by atoms with Crippen LogP contribution in [-0.4, -0.2) is 16.0 Å². The molecule has 0 saturated carbocycles. The number of aromatic nitrogens is 1. The zero-order valence-electron chi connectivity index (χ0n) is 13.3. The second-order valence-corrected chi connectivity index (χ2v) is 6.51. The smallest absolute Gasteiger partial charge is 0.225 e. The first-order chi connectivity index (χ1) is 11.6. The van der Waals surface area contributed by atoms with Crippen molar-refractivity contribution in [1.29, 1.82) is 0 Å². The molecule has 2 aromatic carbocycles. The van der Waals surface area contributed by atoms with E-state index in [1.807, 2.05) is 54.8 Å². The lowest BCUT2D eigenvalue weighted by Gasteiger charge is -2.17. The van der Waals surface area contributed by atoms with Crippen molar-refractivity contribution in [3.05, 3.63) is 81.8 Å². The Morgan fingerprint density at radius 1 is 1.25 bits per heavy atom. The summed E-state index contributed by atoms with van der Waals surface area (Å²) < 4.78 is 0. The van der Waals surface area contributed by atoms with Gasteiger partial charge in [0.25, 0.3) is 0 Å². The van der Waals surface area contributed by atoms with Gasteiger partial charge in [-0.1, -0.05) is 42.5 Å². The van der Waals surface area contributed by atoms with Gasteiger partial charge in [-0.25, -0.2) is 4.98 Å². The number of aromatic hydroxyl groups is 1. The fourth-order valence-corrected chi connectivity index (χ4v) is 3.19. The monoisotopic (exact) mass is 338 g/mol. The average Bonchev–Trinajstić information content (AvgIpc) is 3.11. The number of amides is 1. The van der Waals surface area contributed by atoms with Gasteiger partial charge in [0.1, 0.15) is 16.8 Å². The average molecular weight is 338 g/mol. The lowest BCUT2D eigenvalue weighted by Crippen LogP contribution is -2.30. The predicted octanol–water partition coefficient (Wildman–Crippen LogP) is 3.61. The summed E-state index contributed by atoms with van der Waals surface area (Å²) in [5, 5.41) is 15.6. The third kappa shape index (κ3) is 3.81. The molecule has 0 radical (unpaired) electrons. The van der Waals surface area contributed by atoms with Crippen LogP contribution in [0.2, 0.25) is 0 Å². The van der Waals surface area contributed by atoms with Crippen LogP contribution in [0.3, 0.4) is 0 Å². The Morgan fingerprint density at radius 2 is 2.04 bits per heavy atom. The fourth-order valence-electron chi connectivity index (χ4n) is 2.47. The van der Waals surface area contributed by atoms with Gasteiger partial charge in [0, 0.05) is 11.6 Å². The molecule has 4 nitrogen and oxygen atoms in total. The molecule has 1 amide bonds. The number of carbonyl (C=O) groups is 1. The second-order valence-electron chi connectivity index (χ2n) is 5.58. The molecule has 1 heterocycles. The van der Waals surface area contributed by atoms with Crippen molar-refractivity contribution in [3.8, 4) is 5.75 Å². The first-order valence-electron chi connectivity index (χ1n) is 7.65. The summed E-state index contributed by atoms with van der Waals surface area (Å²) in [7, 11) is 0. The summed E-state index contributed by atoms with van der Waals surface area (Å²) in [6.45, 7) is 1.83. The molecule has 3 rings (SSSR count). The third-order valence-corrected chi connectivity index (χ3v) is 4.62. The lowest BCUT2D eigenvalue weighted by atomic mass is 10.1. The summed E-state index contributed by atoms with van der Waals surface area (Å²) in [6.07, 6.45) is 1.95. The third-order valence-electron chi connectivity index (χ3n) is 3.77. The van der Waals surface area contributed by atoms with Crippen LogP contribution in [0.4, 0.5) is 0 Å². The van der Waals surface area contributed by atoms with Crippen LogP contribution in [0.1, 0.15) is 27.7 Å². The van der Waals surface area contributed by atoms with Crippen molar-refractivity contribution in [3.63, 3.8) is 0 Å². The largest absolute Gasteiger partial charge is 0.508 e. The molecule has 0 aliphatic rings. The Balaban J connectivity index is 1.77. The van der Waals surface area contributed by atoms with Crippen LogP contribution in [0.15, 0.2) is 60.1 Å². The van der Waals surface area contributed by atoms with E-state index in [0.29, 0.717) is 0 Å². The van der Waals surface area contributed by atoms with Gasteiger partial charge in [-0.05, 0) is 29.7 Å². The molecular weight excluding hydrogens is 320 g/mol. The van der Waals surface area contributed by atoms with Crippen molar-refractivity contribution >= 4 is 17.2 Å². The molecule has 0 aliphatic carbocycles. The standard InChI is InChI=1S/C19H18N2O2S/c1-13-7-8-14(11-16(13)22)12-17(23)21-18(19-20-9-10-24-19)15-5-3-2-4-6-15/h2-11,18,22H,12H2,1H3,(H,21,23)/t18-/m0/s1. The van der Waals surface area contributed by atoms with E-state index in [1.165, 1.54) is 11.3 Å². The van der Waals surface area contributed by atoms with E-state index >= 15 is 0 Å². The molecular formula is C19H18N2O2S. The quantitative estimate of drug-likeness (QED) is 0.747. The van der Waals surface area contributed by atoms with Gasteiger partial charge < -0.3 is 10.4 Å². The van der Waals surface area contributed by atoms with Crippen LogP contribution in [0, 0.1) is 6.92 Å². The Morgan fingerprint density at radius 3 is 2.71 bits per heavy atom. The van der Waals surface area contributed by atoms with Crippen LogP contribution < -0.4 is 5.32 Å². The van der Waals surface area contributed by atoms with E-state index in [2.05, 4.69) is 10.3 Å². The number of hydrogen-bond acceptors (Lipinski definition) is 4. The number of benzene rings is 2. The Hall–Kier alpha value is -2.66. The van der Waals surface area contributed by atoms with Crippen molar-refractivity contribution in [1.82, 2.24) is 10.3 Å². The predicted molar refractivity (Wildman–Crippen MR) is 95.1 cm³/mol. The second kappa shape index (κ2) is 7.27. The maximum absolute atomic E-state index is 12.5. The minimum Gasteiger partial charge on any atom is -0.508 e. The number of hydrogen-bond donors (Lipinski definition) is 2. The van der Waals surface area contributed by atoms with Gasteiger partial charge in [-0.2, -0.15) is 0 Å². The number of phenolic OH excluding ortho intramolecular Hbond substituents is 1. The zero-order valence-corrected chi connectivity index (χ0v) is 14.1. The highest BCUT2D eigenvalue weighted by atomic mass is 32.1. The van der Waals surface area contributed by atoms with Gasteiger partial charge >= 0.3 is 0 Å². The Kier molecular flexibility index (Phi) is 4.91. The van der Waals surface area contributed by atoms with E-state index in [1.54, 1.807) is 12.3 Å². The molecule has 0 unspecified atom stereocenters. The first-order valence-corrected chi connectivity index (χ1v) is 8.53. The topological polar surface area (TPSA) is 62.2 Å². The van der Waals surface area contributed by atoms with E-state index in [-0.39, 0.29) is 24.1 Å². The van der Waals surface area contributed by atoms with E-state index in [9.17, 15) is 9.90 Å². The van der Waals surface area contributed by atoms with Crippen LogP contribution in [0.25, 0.3) is 0 Å². The highest BCUT2D eigenvalue weighted by molar-refractivity contribution is 7.09. The lowest BCUT2D eigenvalue weighted by molar-refractivity contribution is -0.120. The molecule has 0 spiro atoms. The van der Waals surface area contributed by atoms with E-state index < -0.39 is 0 Å². The summed E-state index contributed by atoms with van der Waals surface area (Å²) in [5.41, 5.74) is 2.57. The molecule has 0 saturated heterocycles. The molecule has 1 atom stereocenters. The summed E-state index contributed by atoms with van der Waals surface area (Å²) in [5.74, 6) is 0.0992. The number of nitrogens with one attached hydrogen (secondary N) is 1. The molecule has 0 fully saturated rings. The van der Waals surface area contributed by atoms with Gasteiger partial charge in [0.15, 0.2) is 0 Å². The Labute approximate surface area is 144 Å². The van der Waals surface area contributed by atoms with Crippen molar-refractivity contribution < 1.29 is 9.90 Å². The number of aryl methyl sites for hydroxylation is 1. The number of carbonyl (C=O) groups excluding carboxylic acids is 1. The summed E-state index contributed by atoms with van der Waals surface area (Å²) in [6, 6.07) is 14.8. The molecule has 3 aromatic rings. The van der Waals surface area contributed by atoms with Gasteiger partial charge in [0.2, 0.25) is 5.91 Å². The molecule has 0 aliphatic heterocycles. The highest BCUT2D eigenvalue weighted by Crippen LogP contribution is 2.24. The molecule has 122 valence electrons. The highest BCUT2D eigenvalue weighted by Gasteiger charge is 2.19. The first kappa shape index (κ1) is 16.2. The Bertz CT molecular complexity index is 817.